The molecule has 3 aromatic rings. The van der Waals surface area contributed by atoms with Crippen LogP contribution in [0, 0.1) is 13.8 Å². The molecule has 1 fully saturated rings. The van der Waals surface area contributed by atoms with E-state index < -0.39 is 10.0 Å². The van der Waals surface area contributed by atoms with Gasteiger partial charge in [-0.25, -0.2) is 17.4 Å². The molecule has 1 aliphatic heterocycles. The Balaban J connectivity index is 1.92. The number of piperazine rings is 1. The molecule has 4 rings (SSSR count). The molecule has 7 heteroatoms. The second-order valence-electron chi connectivity index (χ2n) is 6.58. The highest BCUT2D eigenvalue weighted by atomic mass is 32.2. The predicted molar refractivity (Wildman–Crippen MR) is 103 cm³/mol. The molecule has 26 heavy (non-hydrogen) atoms. The van der Waals surface area contributed by atoms with Crippen LogP contribution >= 0.6 is 0 Å². The smallest absolute Gasteiger partial charge is 0.269 e. The zero-order valence-corrected chi connectivity index (χ0v) is 15.8. The first-order valence-electron chi connectivity index (χ1n) is 8.75. The Morgan fingerprint density at radius 1 is 1.00 bits per heavy atom. The molecule has 1 N–H and O–H groups in total. The summed E-state index contributed by atoms with van der Waals surface area (Å²) in [6.07, 6.45) is 0. The van der Waals surface area contributed by atoms with Crippen molar-refractivity contribution >= 4 is 26.7 Å². The van der Waals surface area contributed by atoms with Gasteiger partial charge in [-0.1, -0.05) is 24.3 Å². The van der Waals surface area contributed by atoms with E-state index in [-0.39, 0.29) is 0 Å². The summed E-state index contributed by atoms with van der Waals surface area (Å²) in [5, 5.41) is 3.34. The lowest BCUT2D eigenvalue weighted by Crippen LogP contribution is -2.43. The van der Waals surface area contributed by atoms with E-state index >= 15 is 0 Å². The van der Waals surface area contributed by atoms with E-state index in [0.717, 1.165) is 42.9 Å². The molecule has 0 bridgehead atoms. The van der Waals surface area contributed by atoms with Gasteiger partial charge in [0.25, 0.3) is 10.0 Å². The van der Waals surface area contributed by atoms with Crippen LogP contribution in [0.3, 0.4) is 0 Å². The minimum Gasteiger partial charge on any atom is -0.367 e. The average molecular weight is 370 g/mol. The quantitative estimate of drug-likeness (QED) is 0.766. The van der Waals surface area contributed by atoms with Crippen molar-refractivity contribution in [3.63, 3.8) is 0 Å². The number of benzene rings is 2. The minimum atomic E-state index is -3.71. The van der Waals surface area contributed by atoms with Crippen molar-refractivity contribution in [3.05, 3.63) is 53.9 Å². The first-order valence-corrected chi connectivity index (χ1v) is 10.2. The SMILES string of the molecule is Cc1ccccc1S(=O)(=O)n1c(C)nc2c(N3CCNCC3)cccc21. The van der Waals surface area contributed by atoms with Crippen LogP contribution in [-0.4, -0.2) is 43.6 Å². The van der Waals surface area contributed by atoms with Gasteiger partial charge in [-0.05, 0) is 37.6 Å². The van der Waals surface area contributed by atoms with Crippen LogP contribution < -0.4 is 10.2 Å². The Hall–Kier alpha value is -2.38. The van der Waals surface area contributed by atoms with Crippen molar-refractivity contribution in [2.75, 3.05) is 31.1 Å². The van der Waals surface area contributed by atoms with Crippen LogP contribution in [0.5, 0.6) is 0 Å². The maximum absolute atomic E-state index is 13.3. The second-order valence-corrected chi connectivity index (χ2v) is 8.33. The number of fused-ring (bicyclic) bond motifs is 1. The number of nitrogens with zero attached hydrogens (tertiary/aromatic N) is 3. The number of anilines is 1. The van der Waals surface area contributed by atoms with E-state index in [1.54, 1.807) is 19.1 Å². The lowest BCUT2D eigenvalue weighted by Gasteiger charge is -2.29. The van der Waals surface area contributed by atoms with Crippen molar-refractivity contribution in [1.29, 1.82) is 0 Å². The van der Waals surface area contributed by atoms with Gasteiger partial charge >= 0.3 is 0 Å². The maximum atomic E-state index is 13.3. The first-order chi connectivity index (χ1) is 12.5. The number of imidazole rings is 1. The summed E-state index contributed by atoms with van der Waals surface area (Å²) in [7, 11) is -3.71. The van der Waals surface area contributed by atoms with E-state index in [4.69, 9.17) is 0 Å². The van der Waals surface area contributed by atoms with Gasteiger partial charge in [-0.2, -0.15) is 0 Å². The molecule has 0 atom stereocenters. The number of nitrogens with one attached hydrogen (secondary N) is 1. The monoisotopic (exact) mass is 370 g/mol. The number of hydrogen-bond donors (Lipinski definition) is 1. The third-order valence-corrected chi connectivity index (χ3v) is 6.80. The molecule has 1 aromatic heterocycles. The summed E-state index contributed by atoms with van der Waals surface area (Å²) in [6, 6.07) is 12.8. The van der Waals surface area contributed by atoms with E-state index in [0.29, 0.717) is 16.2 Å². The van der Waals surface area contributed by atoms with Crippen LogP contribution in [0.4, 0.5) is 5.69 Å². The number of aryl methyl sites for hydroxylation is 2. The Labute approximate surface area is 153 Å². The van der Waals surface area contributed by atoms with Crippen LogP contribution in [0.25, 0.3) is 11.0 Å². The summed E-state index contributed by atoms with van der Waals surface area (Å²) in [6.45, 7) is 7.16. The van der Waals surface area contributed by atoms with Crippen molar-refractivity contribution in [2.45, 2.75) is 18.7 Å². The molecule has 136 valence electrons. The van der Waals surface area contributed by atoms with Gasteiger partial charge < -0.3 is 10.2 Å². The molecule has 2 heterocycles. The minimum absolute atomic E-state index is 0.315. The van der Waals surface area contributed by atoms with Gasteiger partial charge in [0, 0.05) is 26.2 Å². The van der Waals surface area contributed by atoms with Crippen molar-refractivity contribution in [3.8, 4) is 0 Å². The van der Waals surface area contributed by atoms with Crippen LogP contribution in [0.2, 0.25) is 0 Å². The third-order valence-electron chi connectivity index (χ3n) is 4.85. The van der Waals surface area contributed by atoms with Gasteiger partial charge in [0.2, 0.25) is 0 Å². The van der Waals surface area contributed by atoms with Crippen LogP contribution in [0.15, 0.2) is 47.4 Å². The second kappa shape index (κ2) is 6.41. The van der Waals surface area contributed by atoms with Gasteiger partial charge in [0.15, 0.2) is 0 Å². The van der Waals surface area contributed by atoms with Crippen LogP contribution in [-0.2, 0) is 10.0 Å². The number of para-hydroxylation sites is 1. The summed E-state index contributed by atoms with van der Waals surface area (Å²) in [5.41, 5.74) is 3.09. The highest BCUT2D eigenvalue weighted by Crippen LogP contribution is 2.30. The summed E-state index contributed by atoms with van der Waals surface area (Å²) in [4.78, 5) is 7.21. The summed E-state index contributed by atoms with van der Waals surface area (Å²) < 4.78 is 28.0. The zero-order valence-electron chi connectivity index (χ0n) is 14.9. The molecule has 0 unspecified atom stereocenters. The fourth-order valence-corrected chi connectivity index (χ4v) is 5.31. The highest BCUT2D eigenvalue weighted by Gasteiger charge is 2.26. The highest BCUT2D eigenvalue weighted by molar-refractivity contribution is 7.90. The number of hydrogen-bond acceptors (Lipinski definition) is 5. The molecule has 2 aromatic carbocycles. The van der Waals surface area contributed by atoms with Gasteiger partial charge in [0.05, 0.1) is 16.1 Å². The average Bonchev–Trinajstić information content (AvgIpc) is 2.99. The summed E-state index contributed by atoms with van der Waals surface area (Å²) >= 11 is 0. The molecule has 6 nitrogen and oxygen atoms in total. The Morgan fingerprint density at radius 2 is 1.73 bits per heavy atom. The Bertz CT molecular complexity index is 1070. The number of aromatic nitrogens is 2. The van der Waals surface area contributed by atoms with Gasteiger partial charge in [0.1, 0.15) is 11.3 Å². The zero-order chi connectivity index (χ0) is 18.3. The molecule has 0 saturated carbocycles. The van der Waals surface area contributed by atoms with Gasteiger partial charge in [-0.15, -0.1) is 0 Å². The molecule has 0 spiro atoms. The lowest BCUT2D eigenvalue weighted by molar-refractivity contribution is 0.586. The summed E-state index contributed by atoms with van der Waals surface area (Å²) in [5.74, 6) is 0.478. The topological polar surface area (TPSA) is 67.2 Å². The van der Waals surface area contributed by atoms with Crippen molar-refractivity contribution in [2.24, 2.45) is 0 Å². The Kier molecular flexibility index (Phi) is 4.20. The third kappa shape index (κ3) is 2.68. The Morgan fingerprint density at radius 3 is 2.46 bits per heavy atom. The first kappa shape index (κ1) is 17.1. The van der Waals surface area contributed by atoms with E-state index in [1.807, 2.05) is 37.3 Å². The molecule has 0 radical (unpaired) electrons. The van der Waals surface area contributed by atoms with E-state index in [1.165, 1.54) is 3.97 Å². The maximum Gasteiger partial charge on any atom is 0.269 e. The van der Waals surface area contributed by atoms with Crippen LogP contribution in [0.1, 0.15) is 11.4 Å². The fraction of sp³-hybridized carbons (Fsp3) is 0.316. The lowest BCUT2D eigenvalue weighted by atomic mass is 10.2. The molecule has 0 aliphatic carbocycles. The fourth-order valence-electron chi connectivity index (χ4n) is 3.59. The van der Waals surface area contributed by atoms with Crippen molar-refractivity contribution in [1.82, 2.24) is 14.3 Å². The molecule has 1 saturated heterocycles. The predicted octanol–water partition coefficient (Wildman–Crippen LogP) is 2.30. The van der Waals surface area contributed by atoms with E-state index in [9.17, 15) is 8.42 Å². The standard InChI is InChI=1S/C19H22N4O2S/c1-14-6-3-4-9-18(14)26(24,25)23-15(2)21-19-16(7-5-8-17(19)23)22-12-10-20-11-13-22/h3-9,20H,10-13H2,1-2H3. The molecule has 1 aliphatic rings. The molecule has 0 amide bonds. The molecular weight excluding hydrogens is 348 g/mol. The normalized spacial score (nSPS) is 15.5. The van der Waals surface area contributed by atoms with Crippen molar-refractivity contribution < 1.29 is 8.42 Å². The largest absolute Gasteiger partial charge is 0.367 e. The molecular formula is C19H22N4O2S. The van der Waals surface area contributed by atoms with Gasteiger partial charge in [-0.3, -0.25) is 0 Å². The van der Waals surface area contributed by atoms with E-state index in [2.05, 4.69) is 15.2 Å². The number of rotatable bonds is 3.